The van der Waals surface area contributed by atoms with Crippen molar-refractivity contribution in [2.45, 2.75) is 33.7 Å². The number of carbonyl (C=O) groups excluding carboxylic acids is 1. The molecule has 126 valence electrons. The Kier molecular flexibility index (Phi) is 4.82. The van der Waals surface area contributed by atoms with E-state index in [1.54, 1.807) is 13.0 Å². The van der Waals surface area contributed by atoms with Gasteiger partial charge in [-0.1, -0.05) is 12.1 Å². The highest BCUT2D eigenvalue weighted by molar-refractivity contribution is 5.94. The summed E-state index contributed by atoms with van der Waals surface area (Å²) in [5.74, 6) is -0.408. The van der Waals surface area contributed by atoms with E-state index in [0.717, 1.165) is 27.8 Å². The summed E-state index contributed by atoms with van der Waals surface area (Å²) in [5.41, 5.74) is 2.12. The lowest BCUT2D eigenvalue weighted by Crippen LogP contribution is -2.33. The van der Waals surface area contributed by atoms with Crippen molar-refractivity contribution in [3.8, 4) is 0 Å². The third kappa shape index (κ3) is 3.19. The number of hydrogen-bond donors (Lipinski definition) is 1. The number of pyridine rings is 1. The number of anilines is 1. The van der Waals surface area contributed by atoms with Gasteiger partial charge < -0.3 is 5.32 Å². The summed E-state index contributed by atoms with van der Waals surface area (Å²) >= 11 is 0. The number of benzene rings is 1. The van der Waals surface area contributed by atoms with Crippen molar-refractivity contribution in [1.82, 2.24) is 4.57 Å². The molecule has 0 bridgehead atoms. The van der Waals surface area contributed by atoms with Crippen LogP contribution in [0.4, 0.5) is 11.4 Å². The van der Waals surface area contributed by atoms with Crippen LogP contribution in [0.3, 0.4) is 0 Å². The van der Waals surface area contributed by atoms with Crippen LogP contribution in [-0.4, -0.2) is 15.4 Å². The van der Waals surface area contributed by atoms with Crippen LogP contribution >= 0.6 is 0 Å². The zero-order valence-electron chi connectivity index (χ0n) is 14.0. The second kappa shape index (κ2) is 6.66. The van der Waals surface area contributed by atoms with E-state index in [-0.39, 0.29) is 11.4 Å². The molecule has 1 N–H and O–H groups in total. The zero-order chi connectivity index (χ0) is 18.0. The summed E-state index contributed by atoms with van der Waals surface area (Å²) in [5, 5.41) is 13.8. The Balaban J connectivity index is 2.38. The molecule has 0 radical (unpaired) electrons. The molecule has 0 saturated heterocycles. The van der Waals surface area contributed by atoms with E-state index in [1.807, 2.05) is 26.0 Å². The van der Waals surface area contributed by atoms with Crippen LogP contribution in [0.15, 0.2) is 35.1 Å². The first-order chi connectivity index (χ1) is 11.2. The van der Waals surface area contributed by atoms with Crippen molar-refractivity contribution in [2.24, 2.45) is 0 Å². The summed E-state index contributed by atoms with van der Waals surface area (Å²) in [4.78, 5) is 35.1. The number of amides is 1. The van der Waals surface area contributed by atoms with Crippen LogP contribution < -0.4 is 10.9 Å². The van der Waals surface area contributed by atoms with E-state index in [4.69, 9.17) is 0 Å². The molecule has 0 aliphatic rings. The smallest absolute Gasteiger partial charge is 0.288 e. The van der Waals surface area contributed by atoms with Crippen molar-refractivity contribution < 1.29 is 9.72 Å². The van der Waals surface area contributed by atoms with Crippen LogP contribution in [0.2, 0.25) is 0 Å². The SMILES string of the molecule is Cc1cccc(NC(=O)C(C)n2c(C)c([N+](=O)[O-])ccc2=O)c1C. The van der Waals surface area contributed by atoms with Gasteiger partial charge in [0, 0.05) is 17.8 Å². The van der Waals surface area contributed by atoms with Crippen LogP contribution in [0.25, 0.3) is 0 Å². The minimum atomic E-state index is -0.877. The average Bonchev–Trinajstić information content (AvgIpc) is 2.51. The quantitative estimate of drug-likeness (QED) is 0.689. The highest BCUT2D eigenvalue weighted by atomic mass is 16.6. The number of rotatable bonds is 4. The van der Waals surface area contributed by atoms with Gasteiger partial charge in [0.15, 0.2) is 0 Å². The molecule has 1 aromatic carbocycles. The summed E-state index contributed by atoms with van der Waals surface area (Å²) in [6.07, 6.45) is 0. The molecule has 0 aliphatic carbocycles. The van der Waals surface area contributed by atoms with Crippen LogP contribution in [0, 0.1) is 30.9 Å². The van der Waals surface area contributed by atoms with E-state index in [1.165, 1.54) is 6.92 Å². The average molecular weight is 329 g/mol. The van der Waals surface area contributed by atoms with Crippen molar-refractivity contribution >= 4 is 17.3 Å². The molecule has 1 amide bonds. The Bertz CT molecular complexity index is 871. The monoisotopic (exact) mass is 329 g/mol. The van der Waals surface area contributed by atoms with E-state index in [2.05, 4.69) is 5.32 Å². The zero-order valence-corrected chi connectivity index (χ0v) is 14.0. The van der Waals surface area contributed by atoms with Gasteiger partial charge in [-0.15, -0.1) is 0 Å². The predicted molar refractivity (Wildman–Crippen MR) is 91.4 cm³/mol. The summed E-state index contributed by atoms with van der Waals surface area (Å²) < 4.78 is 1.14. The normalized spacial score (nSPS) is 11.8. The highest BCUT2D eigenvalue weighted by Crippen LogP contribution is 2.21. The molecule has 2 rings (SSSR count). The number of aromatic nitrogens is 1. The molecule has 24 heavy (non-hydrogen) atoms. The largest absolute Gasteiger partial charge is 0.324 e. The maximum Gasteiger partial charge on any atom is 0.288 e. The minimum Gasteiger partial charge on any atom is -0.324 e. The first-order valence-corrected chi connectivity index (χ1v) is 7.47. The van der Waals surface area contributed by atoms with Crippen LogP contribution in [0.5, 0.6) is 0 Å². The first-order valence-electron chi connectivity index (χ1n) is 7.47. The van der Waals surface area contributed by atoms with Gasteiger partial charge in [-0.25, -0.2) is 0 Å². The number of carbonyl (C=O) groups is 1. The lowest BCUT2D eigenvalue weighted by Gasteiger charge is -2.18. The van der Waals surface area contributed by atoms with Crippen LogP contribution in [-0.2, 0) is 4.79 Å². The molecule has 2 aromatic rings. The van der Waals surface area contributed by atoms with E-state index >= 15 is 0 Å². The second-order valence-electron chi connectivity index (χ2n) is 5.68. The molecule has 1 aromatic heterocycles. The van der Waals surface area contributed by atoms with Crippen LogP contribution in [0.1, 0.15) is 29.8 Å². The molecule has 1 heterocycles. The van der Waals surface area contributed by atoms with Gasteiger partial charge in [0.25, 0.3) is 11.2 Å². The van der Waals surface area contributed by atoms with Crippen molar-refractivity contribution in [1.29, 1.82) is 0 Å². The maximum atomic E-state index is 12.5. The molecule has 7 nitrogen and oxygen atoms in total. The third-order valence-electron chi connectivity index (χ3n) is 4.18. The third-order valence-corrected chi connectivity index (χ3v) is 4.18. The highest BCUT2D eigenvalue weighted by Gasteiger charge is 2.23. The Labute approximate surface area is 139 Å². The fourth-order valence-corrected chi connectivity index (χ4v) is 2.56. The first kappa shape index (κ1) is 17.4. The summed E-state index contributed by atoms with van der Waals surface area (Å²) in [6.45, 7) is 6.82. The molecule has 0 saturated carbocycles. The molecular weight excluding hydrogens is 310 g/mol. The molecular formula is C17H19N3O4. The maximum absolute atomic E-state index is 12.5. The minimum absolute atomic E-state index is 0.149. The van der Waals surface area contributed by atoms with Gasteiger partial charge in [0.05, 0.1) is 10.6 Å². The molecule has 1 atom stereocenters. The number of nitro groups is 1. The van der Waals surface area contributed by atoms with E-state index in [0.29, 0.717) is 5.69 Å². The number of aryl methyl sites for hydroxylation is 1. The summed E-state index contributed by atoms with van der Waals surface area (Å²) in [7, 11) is 0. The Morgan fingerprint density at radius 1 is 1.21 bits per heavy atom. The van der Waals surface area contributed by atoms with Crippen molar-refractivity contribution in [2.75, 3.05) is 5.32 Å². The van der Waals surface area contributed by atoms with Gasteiger partial charge in [-0.05, 0) is 44.9 Å². The second-order valence-corrected chi connectivity index (χ2v) is 5.68. The van der Waals surface area contributed by atoms with Gasteiger partial charge in [-0.2, -0.15) is 0 Å². The molecule has 7 heteroatoms. The van der Waals surface area contributed by atoms with Crippen molar-refractivity contribution in [3.05, 3.63) is 67.6 Å². The van der Waals surface area contributed by atoms with Crippen molar-refractivity contribution in [3.63, 3.8) is 0 Å². The lowest BCUT2D eigenvalue weighted by atomic mass is 10.1. The standard InChI is InChI=1S/C17H19N3O4/c1-10-6-5-7-14(11(10)2)18-17(22)13(4)19-12(3)15(20(23)24)8-9-16(19)21/h5-9,13H,1-4H3,(H,18,22). The lowest BCUT2D eigenvalue weighted by molar-refractivity contribution is -0.386. The number of hydrogen-bond acceptors (Lipinski definition) is 4. The molecule has 1 unspecified atom stereocenters. The Morgan fingerprint density at radius 2 is 1.88 bits per heavy atom. The Morgan fingerprint density at radius 3 is 2.50 bits per heavy atom. The van der Waals surface area contributed by atoms with Gasteiger partial charge in [-0.3, -0.25) is 24.3 Å². The Hall–Kier alpha value is -2.96. The van der Waals surface area contributed by atoms with Gasteiger partial charge >= 0.3 is 0 Å². The van der Waals surface area contributed by atoms with E-state index in [9.17, 15) is 19.7 Å². The van der Waals surface area contributed by atoms with Gasteiger partial charge in [0.1, 0.15) is 6.04 Å². The number of nitrogens with zero attached hydrogens (tertiary/aromatic N) is 2. The molecule has 0 fully saturated rings. The predicted octanol–water partition coefficient (Wildman–Crippen LogP) is 2.88. The summed E-state index contributed by atoms with van der Waals surface area (Å²) in [6, 6.07) is 6.92. The topological polar surface area (TPSA) is 94.2 Å². The fraction of sp³-hybridized carbons (Fsp3) is 0.294. The number of nitrogens with one attached hydrogen (secondary N) is 1. The van der Waals surface area contributed by atoms with E-state index < -0.39 is 22.4 Å². The van der Waals surface area contributed by atoms with Gasteiger partial charge in [0.2, 0.25) is 5.91 Å². The fourth-order valence-electron chi connectivity index (χ4n) is 2.56. The molecule has 0 aliphatic heterocycles. The molecule has 0 spiro atoms.